The summed E-state index contributed by atoms with van der Waals surface area (Å²) in [4.78, 5) is 14.6. The molecule has 0 unspecified atom stereocenters. The zero-order chi connectivity index (χ0) is 21.1. The molecule has 0 aliphatic carbocycles. The second kappa shape index (κ2) is 8.88. The summed E-state index contributed by atoms with van der Waals surface area (Å²) in [7, 11) is -3.70. The highest BCUT2D eigenvalue weighted by Gasteiger charge is 2.21. The maximum Gasteiger partial charge on any atom is 0.251 e. The Morgan fingerprint density at radius 2 is 1.87 bits per heavy atom. The van der Waals surface area contributed by atoms with Gasteiger partial charge in [-0.25, -0.2) is 13.1 Å². The first-order valence-corrected chi connectivity index (χ1v) is 12.1. The molecule has 1 saturated heterocycles. The number of carbonyl (C=O) groups is 1. The molecule has 2 aliphatic rings. The number of nitrogens with zero attached hydrogens (tertiary/aromatic N) is 1. The van der Waals surface area contributed by atoms with Gasteiger partial charge in [-0.2, -0.15) is 0 Å². The Hall–Kier alpha value is -2.22. The molecule has 2 aromatic carbocycles. The Morgan fingerprint density at radius 3 is 2.67 bits per heavy atom. The van der Waals surface area contributed by atoms with E-state index < -0.39 is 10.0 Å². The molecular formula is C23H29N3O3S. The third kappa shape index (κ3) is 4.91. The molecule has 2 aliphatic heterocycles. The van der Waals surface area contributed by atoms with E-state index in [1.54, 1.807) is 12.1 Å². The van der Waals surface area contributed by atoms with E-state index in [-0.39, 0.29) is 17.3 Å². The fourth-order valence-corrected chi connectivity index (χ4v) is 5.18. The van der Waals surface area contributed by atoms with Crippen molar-refractivity contribution >= 4 is 15.9 Å². The molecule has 0 saturated carbocycles. The lowest BCUT2D eigenvalue weighted by Crippen LogP contribution is -2.32. The van der Waals surface area contributed by atoms with Crippen LogP contribution in [-0.4, -0.2) is 38.9 Å². The number of hydrogen-bond acceptors (Lipinski definition) is 4. The number of hydrogen-bond donors (Lipinski definition) is 2. The largest absolute Gasteiger partial charge is 0.352 e. The van der Waals surface area contributed by atoms with Gasteiger partial charge < -0.3 is 5.32 Å². The number of amides is 1. The van der Waals surface area contributed by atoms with Gasteiger partial charge in [0, 0.05) is 25.2 Å². The molecule has 1 fully saturated rings. The Morgan fingerprint density at radius 1 is 1.10 bits per heavy atom. The van der Waals surface area contributed by atoms with Crippen LogP contribution in [0.3, 0.4) is 0 Å². The number of benzene rings is 2. The molecule has 4 rings (SSSR count). The summed E-state index contributed by atoms with van der Waals surface area (Å²) >= 11 is 0. The van der Waals surface area contributed by atoms with Crippen LogP contribution < -0.4 is 10.0 Å². The number of likely N-dealkylation sites (tertiary alicyclic amines) is 1. The van der Waals surface area contributed by atoms with Crippen molar-refractivity contribution in [2.45, 2.75) is 44.2 Å². The van der Waals surface area contributed by atoms with Crippen molar-refractivity contribution < 1.29 is 13.2 Å². The normalized spacial score (nSPS) is 18.1. The maximum absolute atomic E-state index is 12.8. The summed E-state index contributed by atoms with van der Waals surface area (Å²) in [5.41, 5.74) is 3.46. The number of sulfonamides is 1. The SMILES string of the molecule is CC1CCN(Cc2cccc(CNS(=O)(=O)c3ccc4c(c3)C(=O)NCC4)c2)CC1. The second-order valence-corrected chi connectivity index (χ2v) is 10.2. The molecule has 2 aromatic rings. The predicted molar refractivity (Wildman–Crippen MR) is 117 cm³/mol. The van der Waals surface area contributed by atoms with Crippen LogP contribution >= 0.6 is 0 Å². The predicted octanol–water partition coefficient (Wildman–Crippen LogP) is 2.68. The van der Waals surface area contributed by atoms with E-state index in [0.717, 1.165) is 43.1 Å². The topological polar surface area (TPSA) is 78.5 Å². The minimum Gasteiger partial charge on any atom is -0.352 e. The van der Waals surface area contributed by atoms with Gasteiger partial charge in [0.1, 0.15) is 0 Å². The van der Waals surface area contributed by atoms with Crippen molar-refractivity contribution in [2.75, 3.05) is 19.6 Å². The quantitative estimate of drug-likeness (QED) is 0.743. The van der Waals surface area contributed by atoms with E-state index in [1.165, 1.54) is 24.5 Å². The molecule has 0 radical (unpaired) electrons. The molecule has 0 spiro atoms. The lowest BCUT2D eigenvalue weighted by Gasteiger charge is -2.30. The molecule has 0 bridgehead atoms. The Balaban J connectivity index is 1.41. The van der Waals surface area contributed by atoms with Crippen LogP contribution in [0.25, 0.3) is 0 Å². The van der Waals surface area contributed by atoms with Crippen molar-refractivity contribution in [3.63, 3.8) is 0 Å². The van der Waals surface area contributed by atoms with Crippen molar-refractivity contribution in [3.8, 4) is 0 Å². The maximum atomic E-state index is 12.8. The van der Waals surface area contributed by atoms with Crippen molar-refractivity contribution in [3.05, 3.63) is 64.7 Å². The number of fused-ring (bicyclic) bond motifs is 1. The van der Waals surface area contributed by atoms with Gasteiger partial charge in [0.15, 0.2) is 0 Å². The average Bonchev–Trinajstić information content (AvgIpc) is 2.74. The van der Waals surface area contributed by atoms with Gasteiger partial charge in [-0.05, 0) is 67.1 Å². The van der Waals surface area contributed by atoms with Gasteiger partial charge in [0.2, 0.25) is 10.0 Å². The lowest BCUT2D eigenvalue weighted by atomic mass is 9.98. The number of carbonyl (C=O) groups excluding carboxylic acids is 1. The van der Waals surface area contributed by atoms with E-state index in [2.05, 4.69) is 34.0 Å². The highest BCUT2D eigenvalue weighted by atomic mass is 32.2. The van der Waals surface area contributed by atoms with Gasteiger partial charge in [-0.1, -0.05) is 37.3 Å². The van der Waals surface area contributed by atoms with Gasteiger partial charge >= 0.3 is 0 Å². The second-order valence-electron chi connectivity index (χ2n) is 8.43. The van der Waals surface area contributed by atoms with E-state index in [9.17, 15) is 13.2 Å². The first-order chi connectivity index (χ1) is 14.4. The number of rotatable bonds is 6. The van der Waals surface area contributed by atoms with Crippen molar-refractivity contribution in [1.29, 1.82) is 0 Å². The van der Waals surface area contributed by atoms with E-state index >= 15 is 0 Å². The molecule has 2 heterocycles. The van der Waals surface area contributed by atoms with Crippen molar-refractivity contribution in [1.82, 2.24) is 14.9 Å². The summed E-state index contributed by atoms with van der Waals surface area (Å²) in [6.45, 7) is 6.24. The van der Waals surface area contributed by atoms with Crippen LogP contribution in [0.15, 0.2) is 47.4 Å². The molecule has 30 heavy (non-hydrogen) atoms. The standard InChI is InChI=1S/C23H29N3O3S/c1-17-8-11-26(12-9-17)16-19-4-2-3-18(13-19)15-25-30(28,29)21-6-5-20-7-10-24-23(27)22(20)14-21/h2-6,13-14,17,25H,7-12,15-16H2,1H3,(H,24,27). The highest BCUT2D eigenvalue weighted by molar-refractivity contribution is 7.89. The first kappa shape index (κ1) is 21.0. The summed E-state index contributed by atoms with van der Waals surface area (Å²) in [5, 5.41) is 2.76. The zero-order valence-electron chi connectivity index (χ0n) is 17.4. The first-order valence-electron chi connectivity index (χ1n) is 10.6. The smallest absolute Gasteiger partial charge is 0.251 e. The van der Waals surface area contributed by atoms with E-state index in [1.807, 2.05) is 12.1 Å². The molecule has 0 aromatic heterocycles. The van der Waals surface area contributed by atoms with Crippen LogP contribution in [-0.2, 0) is 29.5 Å². The minimum absolute atomic E-state index is 0.122. The molecule has 2 N–H and O–H groups in total. The fraction of sp³-hybridized carbons (Fsp3) is 0.435. The van der Waals surface area contributed by atoms with Crippen LogP contribution in [0.1, 0.15) is 46.8 Å². The van der Waals surface area contributed by atoms with Gasteiger partial charge in [0.05, 0.1) is 4.90 Å². The molecule has 6 nitrogen and oxygen atoms in total. The number of piperidine rings is 1. The van der Waals surface area contributed by atoms with Gasteiger partial charge in [-0.3, -0.25) is 9.69 Å². The third-order valence-corrected chi connectivity index (χ3v) is 7.46. The van der Waals surface area contributed by atoms with Gasteiger partial charge in [0.25, 0.3) is 5.91 Å². The average molecular weight is 428 g/mol. The Bertz CT molecular complexity index is 1030. The van der Waals surface area contributed by atoms with Gasteiger partial charge in [-0.15, -0.1) is 0 Å². The van der Waals surface area contributed by atoms with Crippen LogP contribution in [0.5, 0.6) is 0 Å². The van der Waals surface area contributed by atoms with Crippen LogP contribution in [0.4, 0.5) is 0 Å². The lowest BCUT2D eigenvalue weighted by molar-refractivity contribution is 0.0945. The summed E-state index contributed by atoms with van der Waals surface area (Å²) in [6.07, 6.45) is 3.19. The summed E-state index contributed by atoms with van der Waals surface area (Å²) < 4.78 is 28.2. The van der Waals surface area contributed by atoms with Crippen LogP contribution in [0, 0.1) is 5.92 Å². The summed E-state index contributed by atoms with van der Waals surface area (Å²) in [5.74, 6) is 0.588. The molecule has 1 amide bonds. The van der Waals surface area contributed by atoms with Crippen molar-refractivity contribution in [2.24, 2.45) is 5.92 Å². The van der Waals surface area contributed by atoms with Crippen LogP contribution in [0.2, 0.25) is 0 Å². The summed E-state index contributed by atoms with van der Waals surface area (Å²) in [6, 6.07) is 12.9. The number of nitrogens with one attached hydrogen (secondary N) is 2. The monoisotopic (exact) mass is 427 g/mol. The third-order valence-electron chi connectivity index (χ3n) is 6.06. The molecular weight excluding hydrogens is 398 g/mol. The van der Waals surface area contributed by atoms with E-state index in [4.69, 9.17) is 0 Å². The molecule has 0 atom stereocenters. The Labute approximate surface area is 178 Å². The fourth-order valence-electron chi connectivity index (χ4n) is 4.14. The molecule has 7 heteroatoms. The highest BCUT2D eigenvalue weighted by Crippen LogP contribution is 2.20. The molecule has 160 valence electrons. The Kier molecular flexibility index (Phi) is 6.22. The zero-order valence-corrected chi connectivity index (χ0v) is 18.2. The minimum atomic E-state index is -3.70. The van der Waals surface area contributed by atoms with E-state index in [0.29, 0.717) is 12.1 Å².